The second-order valence-electron chi connectivity index (χ2n) is 3.91. The van der Waals surface area contributed by atoms with Gasteiger partial charge in [0.2, 0.25) is 0 Å². The Morgan fingerprint density at radius 2 is 1.94 bits per heavy atom. The number of urea groups is 1. The number of hydrogen-bond acceptors (Lipinski definition) is 3. The molecule has 0 aliphatic carbocycles. The van der Waals surface area contributed by atoms with Crippen LogP contribution in [-0.2, 0) is 0 Å². The molecule has 0 bridgehead atoms. The average molecular weight is 237 g/mol. The van der Waals surface area contributed by atoms with Crippen LogP contribution in [0, 0.1) is 0 Å². The van der Waals surface area contributed by atoms with E-state index in [2.05, 4.69) is 10.6 Å². The van der Waals surface area contributed by atoms with E-state index in [1.54, 1.807) is 31.4 Å². The van der Waals surface area contributed by atoms with Gasteiger partial charge in [-0.3, -0.25) is 0 Å². The molecular formula is C12H19N3O2. The molecule has 17 heavy (non-hydrogen) atoms. The maximum Gasteiger partial charge on any atom is 0.319 e. The summed E-state index contributed by atoms with van der Waals surface area (Å²) in [4.78, 5) is 13.5. The van der Waals surface area contributed by atoms with E-state index in [1.807, 2.05) is 19.0 Å². The van der Waals surface area contributed by atoms with Gasteiger partial charge in [0, 0.05) is 18.8 Å². The number of anilines is 1. The maximum atomic E-state index is 11.5. The van der Waals surface area contributed by atoms with Crippen molar-refractivity contribution in [3.8, 4) is 5.75 Å². The molecule has 0 aromatic heterocycles. The van der Waals surface area contributed by atoms with Crippen molar-refractivity contribution in [1.82, 2.24) is 10.2 Å². The third kappa shape index (κ3) is 5.21. The van der Waals surface area contributed by atoms with E-state index in [0.29, 0.717) is 6.54 Å². The highest BCUT2D eigenvalue weighted by atomic mass is 16.5. The molecule has 0 radical (unpaired) electrons. The fourth-order valence-electron chi connectivity index (χ4n) is 1.24. The Bertz CT molecular complexity index is 349. The topological polar surface area (TPSA) is 53.6 Å². The van der Waals surface area contributed by atoms with Crippen LogP contribution in [0.5, 0.6) is 5.75 Å². The van der Waals surface area contributed by atoms with Crippen molar-refractivity contribution in [3.05, 3.63) is 24.3 Å². The molecule has 0 heterocycles. The first-order chi connectivity index (χ1) is 8.11. The Morgan fingerprint density at radius 1 is 1.29 bits per heavy atom. The highest BCUT2D eigenvalue weighted by Crippen LogP contribution is 2.14. The van der Waals surface area contributed by atoms with Gasteiger partial charge < -0.3 is 20.3 Å². The Kier molecular flexibility index (Phi) is 5.29. The predicted octanol–water partition coefficient (Wildman–Crippen LogP) is 1.38. The number of nitrogens with one attached hydrogen (secondary N) is 2. The highest BCUT2D eigenvalue weighted by Gasteiger charge is 2.01. The monoisotopic (exact) mass is 237 g/mol. The van der Waals surface area contributed by atoms with Crippen molar-refractivity contribution in [2.45, 2.75) is 0 Å². The van der Waals surface area contributed by atoms with Crippen molar-refractivity contribution in [2.75, 3.05) is 39.6 Å². The van der Waals surface area contributed by atoms with Crippen LogP contribution in [0.1, 0.15) is 0 Å². The van der Waals surface area contributed by atoms with Gasteiger partial charge in [-0.2, -0.15) is 0 Å². The lowest BCUT2D eigenvalue weighted by Crippen LogP contribution is -2.34. The zero-order chi connectivity index (χ0) is 12.7. The first kappa shape index (κ1) is 13.3. The second-order valence-corrected chi connectivity index (χ2v) is 3.91. The fourth-order valence-corrected chi connectivity index (χ4v) is 1.24. The molecule has 94 valence electrons. The number of likely N-dealkylation sites (N-methyl/N-ethyl adjacent to an activating group) is 1. The molecule has 2 amide bonds. The summed E-state index contributed by atoms with van der Waals surface area (Å²) < 4.78 is 5.03. The average Bonchev–Trinajstić information content (AvgIpc) is 2.29. The number of rotatable bonds is 5. The lowest BCUT2D eigenvalue weighted by molar-refractivity contribution is 0.250. The molecule has 0 saturated carbocycles. The van der Waals surface area contributed by atoms with E-state index in [4.69, 9.17) is 4.74 Å². The quantitative estimate of drug-likeness (QED) is 0.813. The van der Waals surface area contributed by atoms with Crippen molar-refractivity contribution in [2.24, 2.45) is 0 Å². The second kappa shape index (κ2) is 6.75. The molecule has 0 aliphatic heterocycles. The minimum absolute atomic E-state index is 0.197. The molecular weight excluding hydrogens is 218 g/mol. The van der Waals surface area contributed by atoms with Crippen LogP contribution in [0.3, 0.4) is 0 Å². The largest absolute Gasteiger partial charge is 0.497 e. The minimum atomic E-state index is -0.197. The lowest BCUT2D eigenvalue weighted by Gasteiger charge is -2.11. The number of ether oxygens (including phenoxy) is 1. The number of carbonyl (C=O) groups excluding carboxylic acids is 1. The van der Waals surface area contributed by atoms with E-state index >= 15 is 0 Å². The minimum Gasteiger partial charge on any atom is -0.497 e. The van der Waals surface area contributed by atoms with Gasteiger partial charge in [-0.15, -0.1) is 0 Å². The van der Waals surface area contributed by atoms with E-state index in [1.165, 1.54) is 0 Å². The first-order valence-electron chi connectivity index (χ1n) is 5.45. The number of nitrogens with zero attached hydrogens (tertiary/aromatic N) is 1. The van der Waals surface area contributed by atoms with Gasteiger partial charge in [-0.25, -0.2) is 4.79 Å². The van der Waals surface area contributed by atoms with Crippen molar-refractivity contribution in [3.63, 3.8) is 0 Å². The van der Waals surface area contributed by atoms with Gasteiger partial charge in [0.05, 0.1) is 7.11 Å². The standard InChI is InChI=1S/C12H19N3O2/c1-15(2)9-8-13-12(16)14-10-4-6-11(17-3)7-5-10/h4-7H,8-9H2,1-3H3,(H2,13,14,16). The van der Waals surface area contributed by atoms with Gasteiger partial charge in [0.25, 0.3) is 0 Å². The van der Waals surface area contributed by atoms with Crippen LogP contribution in [0.25, 0.3) is 0 Å². The number of hydrogen-bond donors (Lipinski definition) is 2. The van der Waals surface area contributed by atoms with Crippen molar-refractivity contribution < 1.29 is 9.53 Å². The molecule has 0 unspecified atom stereocenters. The molecule has 0 aliphatic rings. The highest BCUT2D eigenvalue weighted by molar-refractivity contribution is 5.89. The summed E-state index contributed by atoms with van der Waals surface area (Å²) in [5.74, 6) is 0.767. The van der Waals surface area contributed by atoms with Crippen molar-refractivity contribution in [1.29, 1.82) is 0 Å². The van der Waals surface area contributed by atoms with Gasteiger partial charge in [-0.05, 0) is 38.4 Å². The summed E-state index contributed by atoms with van der Waals surface area (Å²) in [6.07, 6.45) is 0. The van der Waals surface area contributed by atoms with E-state index in [0.717, 1.165) is 18.0 Å². The van der Waals surface area contributed by atoms with Gasteiger partial charge >= 0.3 is 6.03 Å². The predicted molar refractivity (Wildman–Crippen MR) is 68.6 cm³/mol. The molecule has 1 rings (SSSR count). The molecule has 2 N–H and O–H groups in total. The van der Waals surface area contributed by atoms with Crippen molar-refractivity contribution >= 4 is 11.7 Å². The molecule has 0 spiro atoms. The van der Waals surface area contributed by atoms with Gasteiger partial charge in [-0.1, -0.05) is 0 Å². The van der Waals surface area contributed by atoms with Crippen LogP contribution >= 0.6 is 0 Å². The Morgan fingerprint density at radius 3 is 2.47 bits per heavy atom. The van der Waals surface area contributed by atoms with E-state index < -0.39 is 0 Å². The third-order valence-electron chi connectivity index (χ3n) is 2.19. The SMILES string of the molecule is COc1ccc(NC(=O)NCCN(C)C)cc1. The van der Waals surface area contributed by atoms with Crippen LogP contribution in [0.2, 0.25) is 0 Å². The van der Waals surface area contributed by atoms with Crippen LogP contribution in [0.15, 0.2) is 24.3 Å². The first-order valence-corrected chi connectivity index (χ1v) is 5.45. The van der Waals surface area contributed by atoms with Gasteiger partial charge in [0.15, 0.2) is 0 Å². The number of benzene rings is 1. The fraction of sp³-hybridized carbons (Fsp3) is 0.417. The van der Waals surface area contributed by atoms with Crippen LogP contribution < -0.4 is 15.4 Å². The van der Waals surface area contributed by atoms with E-state index in [-0.39, 0.29) is 6.03 Å². The summed E-state index contributed by atoms with van der Waals surface area (Å²) in [6, 6.07) is 7.00. The maximum absolute atomic E-state index is 11.5. The zero-order valence-electron chi connectivity index (χ0n) is 10.5. The molecule has 1 aromatic carbocycles. The van der Waals surface area contributed by atoms with Gasteiger partial charge in [0.1, 0.15) is 5.75 Å². The Labute approximate surface area is 102 Å². The molecule has 0 fully saturated rings. The number of carbonyl (C=O) groups is 1. The smallest absolute Gasteiger partial charge is 0.319 e. The van der Waals surface area contributed by atoms with Crippen LogP contribution in [0.4, 0.5) is 10.5 Å². The number of amides is 2. The summed E-state index contributed by atoms with van der Waals surface area (Å²) in [5, 5.41) is 5.51. The normalized spacial score (nSPS) is 10.1. The Hall–Kier alpha value is -1.75. The lowest BCUT2D eigenvalue weighted by atomic mass is 10.3. The zero-order valence-corrected chi connectivity index (χ0v) is 10.5. The molecule has 5 nitrogen and oxygen atoms in total. The summed E-state index contributed by atoms with van der Waals surface area (Å²) in [7, 11) is 5.53. The molecule has 5 heteroatoms. The summed E-state index contributed by atoms with van der Waals surface area (Å²) in [6.45, 7) is 1.44. The Balaban J connectivity index is 2.34. The summed E-state index contributed by atoms with van der Waals surface area (Å²) in [5.41, 5.74) is 0.744. The molecule has 0 atom stereocenters. The van der Waals surface area contributed by atoms with E-state index in [9.17, 15) is 4.79 Å². The number of methoxy groups -OCH3 is 1. The van der Waals surface area contributed by atoms with Crippen LogP contribution in [-0.4, -0.2) is 45.2 Å². The molecule has 1 aromatic rings. The molecule has 0 saturated heterocycles. The third-order valence-corrected chi connectivity index (χ3v) is 2.19. The summed E-state index contributed by atoms with van der Waals surface area (Å²) >= 11 is 0.